The smallest absolute Gasteiger partial charge is 0.0742 e. The van der Waals surface area contributed by atoms with Crippen molar-refractivity contribution in [3.8, 4) is 22.3 Å². The van der Waals surface area contributed by atoms with E-state index in [1.165, 1.54) is 77.2 Å². The van der Waals surface area contributed by atoms with Gasteiger partial charge in [0.1, 0.15) is 0 Å². The van der Waals surface area contributed by atoms with Crippen molar-refractivity contribution in [2.24, 2.45) is 0 Å². The molecule has 17 rings (SSSR count). The number of rotatable bonds is 8. The first-order chi connectivity index (χ1) is 42.7. The highest BCUT2D eigenvalue weighted by molar-refractivity contribution is 6.25. The molecule has 86 heavy (non-hydrogen) atoms. The fourth-order valence-electron chi connectivity index (χ4n) is 15.1. The predicted molar refractivity (Wildman–Crippen MR) is 360 cm³/mol. The van der Waals surface area contributed by atoms with Gasteiger partial charge in [0.25, 0.3) is 0 Å². The minimum atomic E-state index is -0.650. The Bertz CT molecular complexity index is 4620. The summed E-state index contributed by atoms with van der Waals surface area (Å²) in [7, 11) is 0. The fourth-order valence-corrected chi connectivity index (χ4v) is 15.1. The van der Waals surface area contributed by atoms with E-state index in [0.29, 0.717) is 0 Å². The van der Waals surface area contributed by atoms with E-state index in [-0.39, 0.29) is 0 Å². The molecule has 0 aliphatic carbocycles. The quantitative estimate of drug-likeness (QED) is 0.140. The minimum absolute atomic E-state index is 0.650. The maximum atomic E-state index is 2.62. The molecule has 2 heteroatoms. The monoisotopic (exact) mass is 1090 g/mol. The second-order valence-electron chi connectivity index (χ2n) is 23.0. The highest BCUT2D eigenvalue weighted by Gasteiger charge is 2.49. The molecule has 0 fully saturated rings. The number of benzene rings is 15. The first kappa shape index (κ1) is 49.5. The third kappa shape index (κ3) is 7.33. The van der Waals surface area contributed by atoms with Gasteiger partial charge in [-0.3, -0.25) is 0 Å². The molecule has 402 valence electrons. The summed E-state index contributed by atoms with van der Waals surface area (Å²) in [6.07, 6.45) is 0. The average Bonchev–Trinajstić information content (AvgIpc) is 0.782. The van der Waals surface area contributed by atoms with Crippen molar-refractivity contribution in [3.63, 3.8) is 0 Å². The van der Waals surface area contributed by atoms with Crippen LogP contribution in [0.4, 0.5) is 34.1 Å². The van der Waals surface area contributed by atoms with Crippen LogP contribution in [0, 0.1) is 0 Å². The summed E-state index contributed by atoms with van der Waals surface area (Å²) in [6.45, 7) is 0. The summed E-state index contributed by atoms with van der Waals surface area (Å²) < 4.78 is 0. The Hall–Kier alpha value is -11.1. The predicted octanol–water partition coefficient (Wildman–Crippen LogP) is 22.0. The summed E-state index contributed by atoms with van der Waals surface area (Å²) in [5, 5.41) is 9.44. The Morgan fingerprint density at radius 2 is 0.442 bits per heavy atom. The molecule has 0 bridgehead atoms. The molecular weight excluding hydrogens is 1040 g/mol. The molecule has 0 saturated carbocycles. The number of anilines is 6. The van der Waals surface area contributed by atoms with Gasteiger partial charge in [0.15, 0.2) is 0 Å². The van der Waals surface area contributed by atoms with Crippen LogP contribution in [0.15, 0.2) is 340 Å². The van der Waals surface area contributed by atoms with Crippen molar-refractivity contribution in [2.45, 2.75) is 10.8 Å². The van der Waals surface area contributed by atoms with Crippen LogP contribution in [0.2, 0.25) is 0 Å². The van der Waals surface area contributed by atoms with E-state index >= 15 is 0 Å². The van der Waals surface area contributed by atoms with Crippen molar-refractivity contribution < 1.29 is 0 Å². The largest absolute Gasteiger partial charge is 0.309 e. The van der Waals surface area contributed by atoms with Gasteiger partial charge < -0.3 is 9.80 Å². The van der Waals surface area contributed by atoms with E-state index in [1.54, 1.807) is 0 Å². The first-order valence-corrected chi connectivity index (χ1v) is 29.9. The number of hydrogen-bond donors (Lipinski definition) is 0. The van der Waals surface area contributed by atoms with Gasteiger partial charge in [0.05, 0.1) is 45.0 Å². The van der Waals surface area contributed by atoms with E-state index in [4.69, 9.17) is 0 Å². The van der Waals surface area contributed by atoms with Crippen LogP contribution < -0.4 is 9.80 Å². The molecule has 0 atom stereocenters. The van der Waals surface area contributed by atoms with Gasteiger partial charge in [-0.15, -0.1) is 0 Å². The number of fused-ring (bicyclic) bond motifs is 8. The lowest BCUT2D eigenvalue weighted by atomic mass is 9.62. The summed E-state index contributed by atoms with van der Waals surface area (Å²) >= 11 is 0. The average molecular weight is 1090 g/mol. The fraction of sp³-hybridized carbons (Fsp3) is 0.0238. The van der Waals surface area contributed by atoms with Crippen molar-refractivity contribution in [1.29, 1.82) is 0 Å². The van der Waals surface area contributed by atoms with Gasteiger partial charge in [0, 0.05) is 21.5 Å². The van der Waals surface area contributed by atoms with E-state index in [1.807, 2.05) is 0 Å². The molecule has 2 nitrogen and oxygen atoms in total. The Morgan fingerprint density at radius 1 is 0.186 bits per heavy atom. The Morgan fingerprint density at radius 3 is 0.767 bits per heavy atom. The topological polar surface area (TPSA) is 6.48 Å². The molecule has 0 aromatic heterocycles. The maximum absolute atomic E-state index is 2.62. The third-order valence-electron chi connectivity index (χ3n) is 18.7. The summed E-state index contributed by atoms with van der Waals surface area (Å²) in [5.41, 5.74) is 19.9. The van der Waals surface area contributed by atoms with Crippen molar-refractivity contribution >= 4 is 77.2 Å². The van der Waals surface area contributed by atoms with Gasteiger partial charge in [-0.25, -0.2) is 0 Å². The van der Waals surface area contributed by atoms with Gasteiger partial charge in [0.2, 0.25) is 0 Å². The van der Waals surface area contributed by atoms with Crippen LogP contribution in [0.25, 0.3) is 65.3 Å². The van der Waals surface area contributed by atoms with Crippen molar-refractivity contribution in [1.82, 2.24) is 0 Å². The second-order valence-corrected chi connectivity index (χ2v) is 23.0. The highest BCUT2D eigenvalue weighted by Crippen LogP contribution is 2.63. The third-order valence-corrected chi connectivity index (χ3v) is 18.7. The molecule has 2 heterocycles. The van der Waals surface area contributed by atoms with Gasteiger partial charge in [-0.2, -0.15) is 0 Å². The summed E-state index contributed by atoms with van der Waals surface area (Å²) in [5.74, 6) is 0. The SMILES string of the molecule is c1ccc(C2(c3ccccc3)c3ccccc3N(c3c4ccc(-c5ccc6ccccc6c5)cc4c(N4c5ccccc5C(c5ccccc5)(c5ccccc5)c5ccccc54)c4ccc(-c5ccc6ccccc6c5)cc34)c3ccccc32)cc1. The zero-order chi connectivity index (χ0) is 56.8. The van der Waals surface area contributed by atoms with Crippen LogP contribution in [0.3, 0.4) is 0 Å². The van der Waals surface area contributed by atoms with E-state index in [2.05, 4.69) is 350 Å². The van der Waals surface area contributed by atoms with E-state index in [0.717, 1.165) is 66.8 Å². The summed E-state index contributed by atoms with van der Waals surface area (Å²) in [4.78, 5) is 5.24. The Kier molecular flexibility index (Phi) is 11.4. The van der Waals surface area contributed by atoms with Gasteiger partial charge >= 0.3 is 0 Å². The standard InChI is InChI=1S/C84H56N2/c1-5-29-65(30-6-1)83(66-31-7-2-8-32-66)73-37-17-21-41-77(73)85(78-42-22-18-38-74(78)83)81-69-51-49-64(62-48-46-58-26-14-16-28-60(58)54-62)56-72(69)82(70-52-50-63(55-71(70)81)61-47-45-57-25-13-15-27-59(57)53-61)86-79-43-23-19-39-75(79)84(67-33-9-3-10-34-67,68-35-11-4-12-36-68)76-40-20-24-44-80(76)86/h1-56H. The van der Waals surface area contributed by atoms with Crippen molar-refractivity contribution in [3.05, 3.63) is 384 Å². The van der Waals surface area contributed by atoms with Crippen LogP contribution >= 0.6 is 0 Å². The number of hydrogen-bond acceptors (Lipinski definition) is 2. The second kappa shape index (κ2) is 19.8. The molecule has 0 saturated heterocycles. The molecule has 0 spiro atoms. The first-order valence-electron chi connectivity index (χ1n) is 29.9. The molecule has 2 aliphatic rings. The summed E-state index contributed by atoms with van der Waals surface area (Å²) in [6, 6.07) is 127. The van der Waals surface area contributed by atoms with Crippen LogP contribution in [0.1, 0.15) is 44.5 Å². The molecular formula is C84H56N2. The highest BCUT2D eigenvalue weighted by atomic mass is 15.2. The molecule has 0 unspecified atom stereocenters. The minimum Gasteiger partial charge on any atom is -0.309 e. The lowest BCUT2D eigenvalue weighted by Crippen LogP contribution is -2.38. The molecule has 0 radical (unpaired) electrons. The van der Waals surface area contributed by atoms with Gasteiger partial charge in [-0.05, 0) is 137 Å². The van der Waals surface area contributed by atoms with E-state index in [9.17, 15) is 0 Å². The molecule has 15 aromatic rings. The van der Waals surface area contributed by atoms with E-state index < -0.39 is 10.8 Å². The molecule has 15 aromatic carbocycles. The van der Waals surface area contributed by atoms with Crippen LogP contribution in [-0.2, 0) is 10.8 Å². The Labute approximate surface area is 501 Å². The number of nitrogens with zero attached hydrogens (tertiary/aromatic N) is 2. The van der Waals surface area contributed by atoms with Gasteiger partial charge in [-0.1, -0.05) is 291 Å². The van der Waals surface area contributed by atoms with Crippen LogP contribution in [0.5, 0.6) is 0 Å². The number of para-hydroxylation sites is 4. The lowest BCUT2D eigenvalue weighted by Gasteiger charge is -2.48. The maximum Gasteiger partial charge on any atom is 0.0742 e. The lowest BCUT2D eigenvalue weighted by molar-refractivity contribution is 0.731. The molecule has 2 aliphatic heterocycles. The zero-order valence-electron chi connectivity index (χ0n) is 47.2. The van der Waals surface area contributed by atoms with Crippen LogP contribution in [-0.4, -0.2) is 0 Å². The molecule has 0 N–H and O–H groups in total. The molecule has 0 amide bonds. The Balaban J connectivity index is 1.03. The zero-order valence-corrected chi connectivity index (χ0v) is 47.2. The normalized spacial score (nSPS) is 13.7. The van der Waals surface area contributed by atoms with Crippen molar-refractivity contribution in [2.75, 3.05) is 9.80 Å².